The molecular weight excluding hydrogens is 382 g/mol. The van der Waals surface area contributed by atoms with E-state index < -0.39 is 0 Å². The van der Waals surface area contributed by atoms with Gasteiger partial charge in [-0.2, -0.15) is 5.26 Å². The molecule has 0 aliphatic heterocycles. The average Bonchev–Trinajstić information content (AvgIpc) is 3.08. The lowest BCUT2D eigenvalue weighted by Crippen LogP contribution is -2.30. The molecule has 2 atom stereocenters. The highest BCUT2D eigenvalue weighted by Crippen LogP contribution is 2.32. The SMILES string of the molecule is N#Cc1cnc(N[C@@H]2CCC[C@H](n3nnc4c(Br)cccc43)C2)nc1. The van der Waals surface area contributed by atoms with Crippen LogP contribution in [0, 0.1) is 11.3 Å². The minimum absolute atomic E-state index is 0.276. The summed E-state index contributed by atoms with van der Waals surface area (Å²) < 4.78 is 3.00. The molecular formula is C17H16BrN7. The first-order valence-corrected chi connectivity index (χ1v) is 9.02. The third-order valence-electron chi connectivity index (χ3n) is 4.56. The zero-order valence-electron chi connectivity index (χ0n) is 13.4. The van der Waals surface area contributed by atoms with E-state index >= 15 is 0 Å². The molecule has 1 fully saturated rings. The van der Waals surface area contributed by atoms with Gasteiger partial charge in [0.1, 0.15) is 11.6 Å². The highest BCUT2D eigenvalue weighted by atomic mass is 79.9. The van der Waals surface area contributed by atoms with Crippen molar-refractivity contribution in [1.82, 2.24) is 25.0 Å². The maximum atomic E-state index is 8.83. The fraction of sp³-hybridized carbons (Fsp3) is 0.353. The van der Waals surface area contributed by atoms with Gasteiger partial charge < -0.3 is 5.32 Å². The van der Waals surface area contributed by atoms with Gasteiger partial charge in [0.15, 0.2) is 0 Å². The van der Waals surface area contributed by atoms with Crippen molar-refractivity contribution in [2.24, 2.45) is 0 Å². The fourth-order valence-corrected chi connectivity index (χ4v) is 3.79. The minimum atomic E-state index is 0.276. The van der Waals surface area contributed by atoms with Crippen molar-refractivity contribution in [2.45, 2.75) is 37.8 Å². The number of fused-ring (bicyclic) bond motifs is 1. The van der Waals surface area contributed by atoms with Crippen molar-refractivity contribution in [3.05, 3.63) is 40.6 Å². The summed E-state index contributed by atoms with van der Waals surface area (Å²) in [5, 5.41) is 20.9. The summed E-state index contributed by atoms with van der Waals surface area (Å²) in [6.07, 6.45) is 7.27. The minimum Gasteiger partial charge on any atom is -0.351 e. The van der Waals surface area contributed by atoms with E-state index in [1.807, 2.05) is 22.9 Å². The number of nitriles is 1. The lowest BCUT2D eigenvalue weighted by Gasteiger charge is -2.29. The highest BCUT2D eigenvalue weighted by Gasteiger charge is 2.26. The van der Waals surface area contributed by atoms with Crippen LogP contribution in [0.25, 0.3) is 11.0 Å². The van der Waals surface area contributed by atoms with E-state index in [9.17, 15) is 0 Å². The van der Waals surface area contributed by atoms with Crippen LogP contribution in [0.2, 0.25) is 0 Å². The molecule has 0 bridgehead atoms. The number of hydrogen-bond acceptors (Lipinski definition) is 6. The van der Waals surface area contributed by atoms with Gasteiger partial charge in [-0.3, -0.25) is 0 Å². The third-order valence-corrected chi connectivity index (χ3v) is 5.20. The summed E-state index contributed by atoms with van der Waals surface area (Å²) in [7, 11) is 0. The van der Waals surface area contributed by atoms with E-state index in [1.165, 1.54) is 12.4 Å². The van der Waals surface area contributed by atoms with E-state index in [1.54, 1.807) is 0 Å². The van der Waals surface area contributed by atoms with Crippen molar-refractivity contribution in [3.8, 4) is 6.07 Å². The molecule has 4 rings (SSSR count). The Kier molecular flexibility index (Phi) is 4.32. The van der Waals surface area contributed by atoms with Crippen molar-refractivity contribution < 1.29 is 0 Å². The third kappa shape index (κ3) is 3.20. The van der Waals surface area contributed by atoms with Crippen LogP contribution in [0.5, 0.6) is 0 Å². The lowest BCUT2D eigenvalue weighted by atomic mass is 9.91. The van der Waals surface area contributed by atoms with Crippen LogP contribution in [-0.4, -0.2) is 31.0 Å². The zero-order valence-corrected chi connectivity index (χ0v) is 15.0. The van der Waals surface area contributed by atoms with Gasteiger partial charge in [0.25, 0.3) is 0 Å². The summed E-state index contributed by atoms with van der Waals surface area (Å²) in [6, 6.07) is 8.65. The summed E-state index contributed by atoms with van der Waals surface area (Å²) in [4.78, 5) is 8.41. The summed E-state index contributed by atoms with van der Waals surface area (Å²) in [6.45, 7) is 0. The van der Waals surface area contributed by atoms with Gasteiger partial charge in [0, 0.05) is 10.5 Å². The number of rotatable bonds is 3. The Hall–Kier alpha value is -2.53. The number of aromatic nitrogens is 5. The monoisotopic (exact) mass is 397 g/mol. The molecule has 0 unspecified atom stereocenters. The second kappa shape index (κ2) is 6.76. The fourth-order valence-electron chi connectivity index (χ4n) is 3.36. The largest absolute Gasteiger partial charge is 0.351 e. The van der Waals surface area contributed by atoms with Gasteiger partial charge in [-0.25, -0.2) is 14.6 Å². The molecule has 1 aromatic carbocycles. The molecule has 8 heteroatoms. The Morgan fingerprint density at radius 3 is 2.88 bits per heavy atom. The Morgan fingerprint density at radius 2 is 2.08 bits per heavy atom. The molecule has 1 N–H and O–H groups in total. The second-order valence-corrected chi connectivity index (χ2v) is 7.06. The Bertz CT molecular complexity index is 928. The maximum Gasteiger partial charge on any atom is 0.222 e. The van der Waals surface area contributed by atoms with Gasteiger partial charge >= 0.3 is 0 Å². The van der Waals surface area contributed by atoms with Crippen LogP contribution in [-0.2, 0) is 0 Å². The Balaban J connectivity index is 1.52. The van der Waals surface area contributed by atoms with E-state index in [2.05, 4.69) is 47.6 Å². The second-order valence-electron chi connectivity index (χ2n) is 6.21. The number of hydrogen-bond donors (Lipinski definition) is 1. The first-order chi connectivity index (χ1) is 12.2. The van der Waals surface area contributed by atoms with Gasteiger partial charge in [-0.05, 0) is 53.7 Å². The topological polar surface area (TPSA) is 92.3 Å². The normalized spacial score (nSPS) is 20.3. The summed E-state index contributed by atoms with van der Waals surface area (Å²) in [5.74, 6) is 0.566. The molecule has 0 radical (unpaired) electrons. The molecule has 2 heterocycles. The predicted octanol–water partition coefficient (Wildman–Crippen LogP) is 3.45. The van der Waals surface area contributed by atoms with E-state index in [0.29, 0.717) is 17.6 Å². The Morgan fingerprint density at radius 1 is 1.24 bits per heavy atom. The molecule has 1 saturated carbocycles. The first-order valence-electron chi connectivity index (χ1n) is 8.22. The summed E-state index contributed by atoms with van der Waals surface area (Å²) in [5.41, 5.74) is 2.41. The molecule has 0 saturated heterocycles. The molecule has 0 amide bonds. The standard InChI is InChI=1S/C17H16BrN7/c18-14-5-2-6-15-16(14)23-24-25(15)13-4-1-3-12(7-13)22-17-20-9-11(8-19)10-21-17/h2,5-6,9-10,12-13H,1,3-4,7H2,(H,20,21,22)/t12-,13+/m1/s1. The quantitative estimate of drug-likeness (QED) is 0.727. The maximum absolute atomic E-state index is 8.83. The number of nitrogens with zero attached hydrogens (tertiary/aromatic N) is 6. The molecule has 25 heavy (non-hydrogen) atoms. The van der Waals surface area contributed by atoms with Crippen LogP contribution in [0.3, 0.4) is 0 Å². The van der Waals surface area contributed by atoms with Crippen LogP contribution in [0.15, 0.2) is 35.1 Å². The zero-order chi connectivity index (χ0) is 17.2. The molecule has 0 spiro atoms. The van der Waals surface area contributed by atoms with E-state index in [0.717, 1.165) is 41.2 Å². The molecule has 1 aliphatic carbocycles. The van der Waals surface area contributed by atoms with E-state index in [4.69, 9.17) is 5.26 Å². The molecule has 7 nitrogen and oxygen atoms in total. The number of halogens is 1. The van der Waals surface area contributed by atoms with Crippen LogP contribution in [0.4, 0.5) is 5.95 Å². The highest BCUT2D eigenvalue weighted by molar-refractivity contribution is 9.10. The number of anilines is 1. The van der Waals surface area contributed by atoms with Gasteiger partial charge in [0.2, 0.25) is 5.95 Å². The van der Waals surface area contributed by atoms with E-state index in [-0.39, 0.29) is 6.04 Å². The molecule has 2 aromatic heterocycles. The number of benzene rings is 1. The van der Waals surface area contributed by atoms with Crippen molar-refractivity contribution in [1.29, 1.82) is 5.26 Å². The number of nitrogens with one attached hydrogen (secondary N) is 1. The van der Waals surface area contributed by atoms with Crippen LogP contribution >= 0.6 is 15.9 Å². The molecule has 1 aliphatic rings. The first kappa shape index (κ1) is 16.0. The van der Waals surface area contributed by atoms with Crippen molar-refractivity contribution >= 4 is 32.9 Å². The smallest absolute Gasteiger partial charge is 0.222 e. The molecule has 3 aromatic rings. The van der Waals surface area contributed by atoms with Gasteiger partial charge in [-0.1, -0.05) is 11.3 Å². The predicted molar refractivity (Wildman–Crippen MR) is 96.9 cm³/mol. The van der Waals surface area contributed by atoms with Crippen LogP contribution < -0.4 is 5.32 Å². The van der Waals surface area contributed by atoms with Crippen molar-refractivity contribution in [3.63, 3.8) is 0 Å². The molecule has 126 valence electrons. The van der Waals surface area contributed by atoms with Crippen molar-refractivity contribution in [2.75, 3.05) is 5.32 Å². The van der Waals surface area contributed by atoms with Crippen LogP contribution in [0.1, 0.15) is 37.3 Å². The van der Waals surface area contributed by atoms with Gasteiger partial charge in [-0.15, -0.1) is 5.10 Å². The average molecular weight is 398 g/mol. The Labute approximate surface area is 153 Å². The lowest BCUT2D eigenvalue weighted by molar-refractivity contribution is 0.312. The summed E-state index contributed by atoms with van der Waals surface area (Å²) >= 11 is 3.53. The van der Waals surface area contributed by atoms with Gasteiger partial charge in [0.05, 0.1) is 29.5 Å².